The van der Waals surface area contributed by atoms with Crippen LogP contribution in [0.4, 0.5) is 5.69 Å². The number of Topliss-reactive ketones (excluding diaryl/α,β-unsaturated/α-hetero) is 1. The summed E-state index contributed by atoms with van der Waals surface area (Å²) in [7, 11) is 1.72. The average Bonchev–Trinajstić information content (AvgIpc) is 3.47. The van der Waals surface area contributed by atoms with Crippen molar-refractivity contribution < 1.29 is 14.3 Å². The van der Waals surface area contributed by atoms with E-state index in [0.29, 0.717) is 19.6 Å². The number of hydrogen-bond acceptors (Lipinski definition) is 5. The largest absolute Gasteiger partial charge is 0.497 e. The molecule has 2 unspecified atom stereocenters. The van der Waals surface area contributed by atoms with Crippen molar-refractivity contribution in [3.05, 3.63) is 132 Å². The first-order valence-corrected chi connectivity index (χ1v) is 17.8. The highest BCUT2D eigenvalue weighted by molar-refractivity contribution is 5.97. The van der Waals surface area contributed by atoms with E-state index in [2.05, 4.69) is 108 Å². The van der Waals surface area contributed by atoms with Gasteiger partial charge in [-0.25, -0.2) is 4.98 Å². The van der Waals surface area contributed by atoms with Crippen LogP contribution in [0.2, 0.25) is 0 Å². The highest BCUT2D eigenvalue weighted by Gasteiger charge is 2.47. The van der Waals surface area contributed by atoms with Gasteiger partial charge in [-0.3, -0.25) is 9.36 Å². The molecule has 49 heavy (non-hydrogen) atoms. The number of methoxy groups -OCH3 is 1. The highest BCUT2D eigenvalue weighted by atomic mass is 16.5. The van der Waals surface area contributed by atoms with E-state index in [1.807, 2.05) is 18.3 Å². The molecule has 2 aromatic heterocycles. The first kappa shape index (κ1) is 32.8. The summed E-state index contributed by atoms with van der Waals surface area (Å²) >= 11 is 0. The molecule has 5 aromatic rings. The Labute approximate surface area is 290 Å². The lowest BCUT2D eigenvalue weighted by Crippen LogP contribution is -2.50. The summed E-state index contributed by atoms with van der Waals surface area (Å²) in [5.74, 6) is 2.08. The number of fused-ring (bicyclic) bond motifs is 3. The predicted octanol–water partition coefficient (Wildman–Crippen LogP) is 9.56. The van der Waals surface area contributed by atoms with Crippen molar-refractivity contribution in [2.24, 2.45) is 5.92 Å². The molecule has 2 aliphatic rings. The van der Waals surface area contributed by atoms with Crippen molar-refractivity contribution in [1.82, 2.24) is 9.55 Å². The zero-order chi connectivity index (χ0) is 33.8. The van der Waals surface area contributed by atoms with Gasteiger partial charge in [-0.1, -0.05) is 80.9 Å². The quantitative estimate of drug-likeness (QED) is 0.112. The lowest BCUT2D eigenvalue weighted by Gasteiger charge is -2.49. The molecule has 7 rings (SSSR count). The van der Waals surface area contributed by atoms with Crippen LogP contribution in [-0.4, -0.2) is 35.6 Å². The minimum Gasteiger partial charge on any atom is -0.497 e. The summed E-state index contributed by atoms with van der Waals surface area (Å²) < 4.78 is 14.8. The molecule has 252 valence electrons. The second-order valence-electron chi connectivity index (χ2n) is 13.8. The number of carbonyl (C=O) groups is 1. The molecule has 1 saturated carbocycles. The van der Waals surface area contributed by atoms with E-state index >= 15 is 0 Å². The fourth-order valence-electron chi connectivity index (χ4n) is 8.09. The van der Waals surface area contributed by atoms with Crippen molar-refractivity contribution in [3.63, 3.8) is 0 Å². The lowest BCUT2D eigenvalue weighted by atomic mass is 9.67. The van der Waals surface area contributed by atoms with Crippen LogP contribution in [0.1, 0.15) is 74.7 Å². The van der Waals surface area contributed by atoms with Crippen LogP contribution in [0, 0.1) is 5.92 Å². The third-order valence-electron chi connectivity index (χ3n) is 10.7. The van der Waals surface area contributed by atoms with Crippen molar-refractivity contribution >= 4 is 22.4 Å². The maximum atomic E-state index is 13.4. The number of nitrogens with zero attached hydrogens (tertiary/aromatic N) is 3. The Morgan fingerprint density at radius 3 is 2.39 bits per heavy atom. The molecule has 3 heterocycles. The molecule has 0 N–H and O–H groups in total. The normalized spacial score (nSPS) is 19.0. The van der Waals surface area contributed by atoms with Gasteiger partial charge in [0.15, 0.2) is 5.78 Å². The van der Waals surface area contributed by atoms with Crippen LogP contribution in [-0.2, 0) is 21.6 Å². The van der Waals surface area contributed by atoms with E-state index in [0.717, 1.165) is 79.0 Å². The number of anilines is 1. The number of carbonyl (C=O) groups excluding carboxylic acids is 1. The van der Waals surface area contributed by atoms with Crippen molar-refractivity contribution in [1.29, 1.82) is 0 Å². The second kappa shape index (κ2) is 14.4. The van der Waals surface area contributed by atoms with Crippen LogP contribution in [0.15, 0.2) is 115 Å². The maximum absolute atomic E-state index is 13.4. The van der Waals surface area contributed by atoms with Crippen LogP contribution < -0.4 is 9.64 Å². The standard InChI is InChI=1S/C43H47N3O3/c1-4-24-43(25-23-31(2)42(47)33-16-13-17-33)30-45(34-18-9-6-10-19-34)38(29-49-28-32-14-7-5-8-15-32)41-40(43)36-22-21-35(48-3)27-37(36)46(41)39-20-11-12-26-44-39/h5-12,14-15,18-22,26-27,33,38H,2,4,13,16-17,23-25,28-30H2,1,3H3. The Morgan fingerprint density at radius 1 is 0.959 bits per heavy atom. The molecule has 0 radical (unpaired) electrons. The van der Waals surface area contributed by atoms with Crippen LogP contribution >= 0.6 is 0 Å². The zero-order valence-electron chi connectivity index (χ0n) is 28.8. The monoisotopic (exact) mass is 653 g/mol. The summed E-state index contributed by atoms with van der Waals surface area (Å²) in [6.45, 7) is 8.47. The van der Waals surface area contributed by atoms with Gasteiger partial charge in [0, 0.05) is 41.2 Å². The third kappa shape index (κ3) is 6.42. The fraction of sp³-hybridized carbons (Fsp3) is 0.349. The molecule has 1 aliphatic carbocycles. The van der Waals surface area contributed by atoms with Gasteiger partial charge in [-0.2, -0.15) is 0 Å². The third-order valence-corrected chi connectivity index (χ3v) is 10.7. The molecule has 0 saturated heterocycles. The van der Waals surface area contributed by atoms with Crippen LogP contribution in [0.5, 0.6) is 5.75 Å². The lowest BCUT2D eigenvalue weighted by molar-refractivity contribution is -0.121. The Bertz CT molecular complexity index is 1900. The molecule has 0 amide bonds. The summed E-state index contributed by atoms with van der Waals surface area (Å²) in [6, 6.07) is 33.6. The van der Waals surface area contributed by atoms with E-state index in [9.17, 15) is 4.79 Å². The molecule has 3 aromatic carbocycles. The van der Waals surface area contributed by atoms with E-state index < -0.39 is 0 Å². The first-order valence-electron chi connectivity index (χ1n) is 17.8. The summed E-state index contributed by atoms with van der Waals surface area (Å²) in [5.41, 5.74) is 6.41. The predicted molar refractivity (Wildman–Crippen MR) is 198 cm³/mol. The molecular formula is C43H47N3O3. The second-order valence-corrected chi connectivity index (χ2v) is 13.8. The van der Waals surface area contributed by atoms with Gasteiger partial charge in [0.1, 0.15) is 11.6 Å². The van der Waals surface area contributed by atoms with Gasteiger partial charge in [-0.15, -0.1) is 0 Å². The smallest absolute Gasteiger partial charge is 0.161 e. The average molecular weight is 654 g/mol. The van der Waals surface area contributed by atoms with E-state index in [4.69, 9.17) is 14.5 Å². The Kier molecular flexibility index (Phi) is 9.67. The van der Waals surface area contributed by atoms with Gasteiger partial charge >= 0.3 is 0 Å². The number of hydrogen-bond donors (Lipinski definition) is 0. The number of benzene rings is 3. The van der Waals surface area contributed by atoms with Gasteiger partial charge < -0.3 is 14.4 Å². The van der Waals surface area contributed by atoms with Gasteiger partial charge in [0.05, 0.1) is 37.6 Å². The van der Waals surface area contributed by atoms with Crippen molar-refractivity contribution in [2.75, 3.05) is 25.2 Å². The Hall–Kier alpha value is -4.68. The number of ether oxygens (including phenoxy) is 2. The first-order chi connectivity index (χ1) is 24.0. The topological polar surface area (TPSA) is 56.6 Å². The fourth-order valence-corrected chi connectivity index (χ4v) is 8.09. The summed E-state index contributed by atoms with van der Waals surface area (Å²) in [5, 5.41) is 1.20. The summed E-state index contributed by atoms with van der Waals surface area (Å²) in [4.78, 5) is 20.9. The van der Waals surface area contributed by atoms with Crippen LogP contribution in [0.3, 0.4) is 0 Å². The number of para-hydroxylation sites is 1. The number of ketones is 1. The zero-order valence-corrected chi connectivity index (χ0v) is 28.8. The SMILES string of the molecule is C=C(CCC1(CCC)CN(c2ccccc2)C(COCc2ccccc2)c2c1c1ccc(OC)cc1n2-c1ccccn1)C(=O)C1CCC1. The Morgan fingerprint density at radius 2 is 1.71 bits per heavy atom. The number of rotatable bonds is 14. The van der Waals surface area contributed by atoms with Gasteiger partial charge in [0.25, 0.3) is 0 Å². The summed E-state index contributed by atoms with van der Waals surface area (Å²) in [6.07, 6.45) is 8.48. The van der Waals surface area contributed by atoms with E-state index in [1.54, 1.807) is 7.11 Å². The molecule has 0 spiro atoms. The molecule has 0 bridgehead atoms. The van der Waals surface area contributed by atoms with E-state index in [1.165, 1.54) is 16.6 Å². The molecule has 6 nitrogen and oxygen atoms in total. The van der Waals surface area contributed by atoms with Crippen molar-refractivity contribution in [3.8, 4) is 11.6 Å². The Balaban J connectivity index is 1.43. The molecular weight excluding hydrogens is 606 g/mol. The highest BCUT2D eigenvalue weighted by Crippen LogP contribution is 2.52. The van der Waals surface area contributed by atoms with E-state index in [-0.39, 0.29) is 23.2 Å². The van der Waals surface area contributed by atoms with Crippen molar-refractivity contribution in [2.45, 2.75) is 69.9 Å². The minimum absolute atomic E-state index is 0.105. The molecule has 1 aliphatic heterocycles. The molecule has 2 atom stereocenters. The number of aromatic nitrogens is 2. The molecule has 1 fully saturated rings. The molecule has 6 heteroatoms. The number of pyridine rings is 1. The minimum atomic E-state index is -0.258. The number of allylic oxidation sites excluding steroid dienone is 1. The maximum Gasteiger partial charge on any atom is 0.161 e. The van der Waals surface area contributed by atoms with Crippen LogP contribution in [0.25, 0.3) is 16.7 Å². The van der Waals surface area contributed by atoms with Gasteiger partial charge in [0.2, 0.25) is 0 Å². The van der Waals surface area contributed by atoms with Gasteiger partial charge in [-0.05, 0) is 85.2 Å².